The molecule has 0 amide bonds. The van der Waals surface area contributed by atoms with Crippen LogP contribution in [0.1, 0.15) is 18.4 Å². The summed E-state index contributed by atoms with van der Waals surface area (Å²) in [7, 11) is 0. The first kappa shape index (κ1) is 13.5. The van der Waals surface area contributed by atoms with E-state index in [9.17, 15) is 4.79 Å². The first-order chi connectivity index (χ1) is 8.56. The number of benzene rings is 1. The summed E-state index contributed by atoms with van der Waals surface area (Å²) in [5.74, 6) is -0.654. The highest BCUT2D eigenvalue weighted by atomic mass is 35.5. The molecule has 0 saturated heterocycles. The standard InChI is InChI=1S/C12H13Cl2NO3/c13-8-3-7(5-15-9-1-2-9)12(10(14)4-8)18-6-11(16)17/h3-4,9,15H,1-2,5-6H2,(H,16,17). The quantitative estimate of drug-likeness (QED) is 0.845. The third-order valence-electron chi connectivity index (χ3n) is 2.58. The van der Waals surface area contributed by atoms with Crippen molar-refractivity contribution in [3.8, 4) is 5.75 Å². The van der Waals surface area contributed by atoms with Crippen molar-refractivity contribution >= 4 is 29.2 Å². The van der Waals surface area contributed by atoms with Crippen LogP contribution >= 0.6 is 23.2 Å². The van der Waals surface area contributed by atoms with Crippen molar-refractivity contribution in [3.63, 3.8) is 0 Å². The molecule has 0 spiro atoms. The van der Waals surface area contributed by atoms with E-state index in [0.29, 0.717) is 28.4 Å². The second-order valence-corrected chi connectivity index (χ2v) is 5.06. The number of rotatable bonds is 6. The van der Waals surface area contributed by atoms with Gasteiger partial charge in [-0.1, -0.05) is 23.2 Å². The van der Waals surface area contributed by atoms with Crippen LogP contribution < -0.4 is 10.1 Å². The van der Waals surface area contributed by atoms with Gasteiger partial charge in [-0.3, -0.25) is 0 Å². The zero-order valence-corrected chi connectivity index (χ0v) is 11.1. The number of hydrogen-bond donors (Lipinski definition) is 2. The van der Waals surface area contributed by atoms with E-state index in [-0.39, 0.29) is 0 Å². The average molecular weight is 290 g/mol. The molecule has 0 aliphatic heterocycles. The highest BCUT2D eigenvalue weighted by Crippen LogP contribution is 2.33. The second kappa shape index (κ2) is 5.78. The Bertz CT molecular complexity index is 461. The molecule has 98 valence electrons. The summed E-state index contributed by atoms with van der Waals surface area (Å²) in [6.45, 7) is 0.150. The summed E-state index contributed by atoms with van der Waals surface area (Å²) in [6, 6.07) is 3.82. The average Bonchev–Trinajstić information content (AvgIpc) is 3.08. The van der Waals surface area contributed by atoms with Gasteiger partial charge in [0.25, 0.3) is 0 Å². The van der Waals surface area contributed by atoms with Gasteiger partial charge in [-0.15, -0.1) is 0 Å². The van der Waals surface area contributed by atoms with Crippen LogP contribution in [-0.2, 0) is 11.3 Å². The molecule has 1 fully saturated rings. The predicted molar refractivity (Wildman–Crippen MR) is 69.5 cm³/mol. The maximum absolute atomic E-state index is 10.5. The summed E-state index contributed by atoms with van der Waals surface area (Å²) in [6.07, 6.45) is 2.33. The molecule has 1 saturated carbocycles. The molecule has 18 heavy (non-hydrogen) atoms. The van der Waals surface area contributed by atoms with Crippen molar-refractivity contribution in [2.24, 2.45) is 0 Å². The highest BCUT2D eigenvalue weighted by Gasteiger charge is 2.21. The molecule has 0 aromatic heterocycles. The van der Waals surface area contributed by atoms with Gasteiger partial charge in [-0.25, -0.2) is 4.79 Å². The molecule has 1 aromatic rings. The normalized spacial score (nSPS) is 14.6. The topological polar surface area (TPSA) is 58.6 Å². The molecule has 0 heterocycles. The largest absolute Gasteiger partial charge is 0.480 e. The van der Waals surface area contributed by atoms with E-state index >= 15 is 0 Å². The molecular formula is C12H13Cl2NO3. The lowest BCUT2D eigenvalue weighted by molar-refractivity contribution is -0.139. The minimum absolute atomic E-state index is 0.330. The van der Waals surface area contributed by atoms with E-state index in [0.717, 1.165) is 5.56 Å². The third-order valence-corrected chi connectivity index (χ3v) is 3.08. The van der Waals surface area contributed by atoms with Gasteiger partial charge < -0.3 is 15.2 Å². The van der Waals surface area contributed by atoms with Crippen LogP contribution in [0.4, 0.5) is 0 Å². The first-order valence-electron chi connectivity index (χ1n) is 5.62. The molecule has 0 bridgehead atoms. The fourth-order valence-corrected chi connectivity index (χ4v) is 2.17. The molecular weight excluding hydrogens is 277 g/mol. The van der Waals surface area contributed by atoms with E-state index in [2.05, 4.69) is 5.32 Å². The SMILES string of the molecule is O=C(O)COc1c(Cl)cc(Cl)cc1CNC1CC1. The minimum atomic E-state index is -1.04. The molecule has 6 heteroatoms. The molecule has 0 radical (unpaired) electrons. The highest BCUT2D eigenvalue weighted by molar-refractivity contribution is 6.35. The molecule has 0 unspecified atom stereocenters. The molecule has 1 aromatic carbocycles. The maximum atomic E-state index is 10.5. The molecule has 2 N–H and O–H groups in total. The number of carboxylic acid groups (broad SMARTS) is 1. The zero-order valence-electron chi connectivity index (χ0n) is 9.58. The molecule has 1 aliphatic rings. The van der Waals surface area contributed by atoms with Gasteiger partial charge >= 0.3 is 5.97 Å². The Kier molecular flexibility index (Phi) is 4.32. The lowest BCUT2D eigenvalue weighted by Crippen LogP contribution is -2.17. The van der Waals surface area contributed by atoms with E-state index in [1.54, 1.807) is 12.1 Å². The van der Waals surface area contributed by atoms with E-state index in [1.165, 1.54) is 12.8 Å². The van der Waals surface area contributed by atoms with E-state index < -0.39 is 12.6 Å². The molecule has 4 nitrogen and oxygen atoms in total. The van der Waals surface area contributed by atoms with Gasteiger partial charge in [0.15, 0.2) is 6.61 Å². The number of hydrogen-bond acceptors (Lipinski definition) is 3. The lowest BCUT2D eigenvalue weighted by Gasteiger charge is -2.13. The van der Waals surface area contributed by atoms with Gasteiger partial charge in [0.1, 0.15) is 5.75 Å². The Morgan fingerprint density at radius 2 is 2.17 bits per heavy atom. The lowest BCUT2D eigenvalue weighted by atomic mass is 10.2. The predicted octanol–water partition coefficient (Wildman–Crippen LogP) is 2.71. The number of carboxylic acids is 1. The second-order valence-electron chi connectivity index (χ2n) is 4.21. The van der Waals surface area contributed by atoms with Crippen LogP contribution in [0, 0.1) is 0 Å². The van der Waals surface area contributed by atoms with Crippen molar-refractivity contribution in [2.45, 2.75) is 25.4 Å². The van der Waals surface area contributed by atoms with Crippen LogP contribution in [0.15, 0.2) is 12.1 Å². The maximum Gasteiger partial charge on any atom is 0.341 e. The summed E-state index contributed by atoms with van der Waals surface area (Å²) in [4.78, 5) is 10.5. The fraction of sp³-hybridized carbons (Fsp3) is 0.417. The van der Waals surface area contributed by atoms with Gasteiger partial charge in [-0.05, 0) is 25.0 Å². The van der Waals surface area contributed by atoms with Crippen LogP contribution in [0.2, 0.25) is 10.0 Å². The Labute approximate surface area is 115 Å². The summed E-state index contributed by atoms with van der Waals surface area (Å²) < 4.78 is 5.21. The van der Waals surface area contributed by atoms with Crippen LogP contribution in [0.25, 0.3) is 0 Å². The monoisotopic (exact) mass is 289 g/mol. The van der Waals surface area contributed by atoms with E-state index in [1.807, 2.05) is 0 Å². The van der Waals surface area contributed by atoms with Crippen molar-refractivity contribution < 1.29 is 14.6 Å². The summed E-state index contributed by atoms with van der Waals surface area (Å²) >= 11 is 12.0. The van der Waals surface area contributed by atoms with Gasteiger partial charge in [-0.2, -0.15) is 0 Å². The molecule has 1 aliphatic carbocycles. The van der Waals surface area contributed by atoms with Crippen LogP contribution in [-0.4, -0.2) is 23.7 Å². The molecule has 0 atom stereocenters. The Hall–Kier alpha value is -0.970. The first-order valence-corrected chi connectivity index (χ1v) is 6.37. The minimum Gasteiger partial charge on any atom is -0.480 e. The zero-order chi connectivity index (χ0) is 13.1. The summed E-state index contributed by atoms with van der Waals surface area (Å²) in [5.41, 5.74) is 0.778. The van der Waals surface area contributed by atoms with Gasteiger partial charge in [0.2, 0.25) is 0 Å². The van der Waals surface area contributed by atoms with Crippen LogP contribution in [0.3, 0.4) is 0 Å². The number of ether oxygens (including phenoxy) is 1. The van der Waals surface area contributed by atoms with Crippen molar-refractivity contribution in [1.29, 1.82) is 0 Å². The fourth-order valence-electron chi connectivity index (χ4n) is 1.58. The van der Waals surface area contributed by atoms with Crippen molar-refractivity contribution in [3.05, 3.63) is 27.7 Å². The van der Waals surface area contributed by atoms with Crippen molar-refractivity contribution in [1.82, 2.24) is 5.32 Å². The van der Waals surface area contributed by atoms with Gasteiger partial charge in [0, 0.05) is 23.2 Å². The number of halogens is 2. The number of aliphatic carboxylic acids is 1. The van der Waals surface area contributed by atoms with Crippen molar-refractivity contribution in [2.75, 3.05) is 6.61 Å². The number of nitrogens with one attached hydrogen (secondary N) is 1. The van der Waals surface area contributed by atoms with Crippen LogP contribution in [0.5, 0.6) is 5.75 Å². The summed E-state index contributed by atoms with van der Waals surface area (Å²) in [5, 5.41) is 12.8. The Morgan fingerprint density at radius 3 is 2.78 bits per heavy atom. The van der Waals surface area contributed by atoms with Gasteiger partial charge in [0.05, 0.1) is 5.02 Å². The smallest absolute Gasteiger partial charge is 0.341 e. The van der Waals surface area contributed by atoms with E-state index in [4.69, 9.17) is 33.0 Å². The number of carbonyl (C=O) groups is 1. The molecule has 2 rings (SSSR count). The third kappa shape index (κ3) is 3.77. The Balaban J connectivity index is 2.13. The Morgan fingerprint density at radius 1 is 1.44 bits per heavy atom.